The zero-order valence-electron chi connectivity index (χ0n) is 13.7. The van der Waals surface area contributed by atoms with E-state index in [4.69, 9.17) is 4.74 Å². The van der Waals surface area contributed by atoms with Crippen LogP contribution in [0.15, 0.2) is 59.4 Å². The van der Waals surface area contributed by atoms with Gasteiger partial charge < -0.3 is 4.74 Å². The van der Waals surface area contributed by atoms with Crippen molar-refractivity contribution in [3.05, 3.63) is 76.2 Å². The first-order valence-corrected chi connectivity index (χ1v) is 8.42. The first-order chi connectivity index (χ1) is 11.8. The van der Waals surface area contributed by atoms with Crippen LogP contribution in [0.25, 0.3) is 10.8 Å². The molecule has 0 aliphatic rings. The molecule has 0 atom stereocenters. The molecule has 0 aliphatic carbocycles. The Morgan fingerprint density at radius 2 is 1.62 bits per heavy atom. The minimum atomic E-state index is -0.122. The minimum Gasteiger partial charge on any atom is -0.377 e. The van der Waals surface area contributed by atoms with Crippen LogP contribution in [-0.4, -0.2) is 16.8 Å². The van der Waals surface area contributed by atoms with Gasteiger partial charge in [-0.25, -0.2) is 5.10 Å². The summed E-state index contributed by atoms with van der Waals surface area (Å²) in [7, 11) is 0. The summed E-state index contributed by atoms with van der Waals surface area (Å²) < 4.78 is 5.69. The molecule has 3 rings (SSSR count). The van der Waals surface area contributed by atoms with Crippen LogP contribution in [0.5, 0.6) is 0 Å². The number of ether oxygens (including phenoxy) is 1. The Hall–Kier alpha value is -2.46. The van der Waals surface area contributed by atoms with E-state index in [1.54, 1.807) is 0 Å². The summed E-state index contributed by atoms with van der Waals surface area (Å²) in [4.78, 5) is 11.8. The van der Waals surface area contributed by atoms with Crippen molar-refractivity contribution in [2.45, 2.75) is 32.3 Å². The topological polar surface area (TPSA) is 55.0 Å². The van der Waals surface area contributed by atoms with Gasteiger partial charge in [0.15, 0.2) is 0 Å². The molecule has 0 bridgehead atoms. The maximum absolute atomic E-state index is 11.8. The molecule has 0 unspecified atom stereocenters. The summed E-state index contributed by atoms with van der Waals surface area (Å²) in [6.45, 7) is 1.45. The molecule has 1 aromatic heterocycles. The highest BCUT2D eigenvalue weighted by Crippen LogP contribution is 2.15. The molecule has 0 aliphatic heterocycles. The van der Waals surface area contributed by atoms with Gasteiger partial charge in [0.1, 0.15) is 0 Å². The highest BCUT2D eigenvalue weighted by molar-refractivity contribution is 5.83. The predicted molar refractivity (Wildman–Crippen MR) is 96.0 cm³/mol. The third-order valence-corrected chi connectivity index (χ3v) is 4.09. The number of aromatic nitrogens is 2. The molecular formula is C20H22N2O2. The number of hydrogen-bond acceptors (Lipinski definition) is 3. The number of H-pyrrole nitrogens is 1. The minimum absolute atomic E-state index is 0.122. The van der Waals surface area contributed by atoms with Crippen molar-refractivity contribution in [3.63, 3.8) is 0 Å². The first kappa shape index (κ1) is 16.4. The largest absolute Gasteiger partial charge is 0.377 e. The van der Waals surface area contributed by atoms with Crippen molar-refractivity contribution >= 4 is 10.8 Å². The number of nitrogens with zero attached hydrogens (tertiary/aromatic N) is 1. The number of hydrogen-bond donors (Lipinski definition) is 1. The summed E-state index contributed by atoms with van der Waals surface area (Å²) >= 11 is 0. The van der Waals surface area contributed by atoms with Gasteiger partial charge in [0.2, 0.25) is 0 Å². The van der Waals surface area contributed by atoms with Crippen LogP contribution in [0, 0.1) is 0 Å². The first-order valence-electron chi connectivity index (χ1n) is 8.42. The van der Waals surface area contributed by atoms with E-state index in [0.717, 1.165) is 43.4 Å². The van der Waals surface area contributed by atoms with Gasteiger partial charge in [-0.1, -0.05) is 55.0 Å². The third-order valence-electron chi connectivity index (χ3n) is 4.09. The normalized spacial score (nSPS) is 11.0. The van der Waals surface area contributed by atoms with Gasteiger partial charge >= 0.3 is 0 Å². The number of aryl methyl sites for hydroxylation is 1. The molecule has 1 heterocycles. The number of unbranched alkanes of at least 4 members (excludes halogenated alkanes) is 2. The zero-order valence-corrected chi connectivity index (χ0v) is 13.7. The van der Waals surface area contributed by atoms with E-state index in [1.165, 1.54) is 5.56 Å². The van der Waals surface area contributed by atoms with E-state index in [2.05, 4.69) is 22.3 Å². The quantitative estimate of drug-likeness (QED) is 0.641. The van der Waals surface area contributed by atoms with Crippen molar-refractivity contribution in [2.24, 2.45) is 0 Å². The van der Waals surface area contributed by atoms with Gasteiger partial charge in [0, 0.05) is 12.0 Å². The van der Waals surface area contributed by atoms with Crippen LogP contribution < -0.4 is 5.56 Å². The fourth-order valence-electron chi connectivity index (χ4n) is 2.80. The number of fused-ring (bicyclic) bond motifs is 1. The van der Waals surface area contributed by atoms with Gasteiger partial charge in [0.25, 0.3) is 5.56 Å². The Kier molecular flexibility index (Phi) is 5.75. The molecule has 0 saturated carbocycles. The lowest BCUT2D eigenvalue weighted by Gasteiger charge is -2.06. The number of benzene rings is 2. The Balaban J connectivity index is 1.41. The molecule has 1 N–H and O–H groups in total. The second-order valence-electron chi connectivity index (χ2n) is 5.89. The smallest absolute Gasteiger partial charge is 0.272 e. The summed E-state index contributed by atoms with van der Waals surface area (Å²) in [6.07, 6.45) is 4.03. The van der Waals surface area contributed by atoms with E-state index < -0.39 is 0 Å². The number of aromatic amines is 1. The number of nitrogens with one attached hydrogen (secondary N) is 1. The van der Waals surface area contributed by atoms with Crippen LogP contribution in [0.4, 0.5) is 0 Å². The fourth-order valence-corrected chi connectivity index (χ4v) is 2.80. The maximum Gasteiger partial charge on any atom is 0.272 e. The Morgan fingerprint density at radius 1 is 0.875 bits per heavy atom. The van der Waals surface area contributed by atoms with E-state index in [0.29, 0.717) is 12.0 Å². The fraction of sp³-hybridized carbons (Fsp3) is 0.300. The van der Waals surface area contributed by atoms with E-state index in [1.807, 2.05) is 42.5 Å². The second kappa shape index (κ2) is 8.41. The molecule has 24 heavy (non-hydrogen) atoms. The van der Waals surface area contributed by atoms with Crippen molar-refractivity contribution in [1.82, 2.24) is 10.2 Å². The van der Waals surface area contributed by atoms with Crippen LogP contribution in [-0.2, 0) is 17.8 Å². The van der Waals surface area contributed by atoms with E-state index >= 15 is 0 Å². The van der Waals surface area contributed by atoms with Crippen LogP contribution in [0.1, 0.15) is 30.5 Å². The summed E-state index contributed by atoms with van der Waals surface area (Å²) in [6, 6.07) is 17.9. The lowest BCUT2D eigenvalue weighted by Crippen LogP contribution is -2.11. The molecule has 4 heteroatoms. The Labute approximate surface area is 141 Å². The third kappa shape index (κ3) is 4.30. The molecule has 3 aromatic rings. The standard InChI is InChI=1S/C20H22N2O2/c23-20-18-12-7-6-11-17(18)19(21-22-20)13-5-2-8-14-24-15-16-9-3-1-4-10-16/h1,3-4,6-7,9-12H,2,5,8,13-15H2,(H,22,23). The van der Waals surface area contributed by atoms with Crippen molar-refractivity contribution in [1.29, 1.82) is 0 Å². The second-order valence-corrected chi connectivity index (χ2v) is 5.89. The van der Waals surface area contributed by atoms with Gasteiger partial charge in [0.05, 0.1) is 17.7 Å². The average Bonchev–Trinajstić information content (AvgIpc) is 2.64. The molecule has 0 spiro atoms. The molecule has 0 saturated heterocycles. The zero-order chi connectivity index (χ0) is 16.6. The molecule has 0 radical (unpaired) electrons. The molecule has 124 valence electrons. The average molecular weight is 322 g/mol. The van der Waals surface area contributed by atoms with Crippen LogP contribution in [0.2, 0.25) is 0 Å². The lowest BCUT2D eigenvalue weighted by atomic mass is 10.1. The predicted octanol–water partition coefficient (Wildman–Crippen LogP) is 3.85. The van der Waals surface area contributed by atoms with Crippen LogP contribution >= 0.6 is 0 Å². The van der Waals surface area contributed by atoms with Crippen molar-refractivity contribution in [3.8, 4) is 0 Å². The van der Waals surface area contributed by atoms with Gasteiger partial charge in [-0.05, 0) is 30.9 Å². The number of rotatable bonds is 8. The van der Waals surface area contributed by atoms with Gasteiger partial charge in [-0.3, -0.25) is 4.79 Å². The Morgan fingerprint density at radius 3 is 2.46 bits per heavy atom. The summed E-state index contributed by atoms with van der Waals surface area (Å²) in [5.41, 5.74) is 2.06. The lowest BCUT2D eigenvalue weighted by molar-refractivity contribution is 0.117. The SMILES string of the molecule is O=c1[nH]nc(CCCCCOCc2ccccc2)c2ccccc12. The van der Waals surface area contributed by atoms with Crippen molar-refractivity contribution < 1.29 is 4.74 Å². The van der Waals surface area contributed by atoms with Crippen molar-refractivity contribution in [2.75, 3.05) is 6.61 Å². The van der Waals surface area contributed by atoms with Crippen LogP contribution in [0.3, 0.4) is 0 Å². The molecule has 0 fully saturated rings. The molecule has 0 amide bonds. The van der Waals surface area contributed by atoms with E-state index in [-0.39, 0.29) is 5.56 Å². The van der Waals surface area contributed by atoms with Gasteiger partial charge in [-0.2, -0.15) is 5.10 Å². The highest BCUT2D eigenvalue weighted by Gasteiger charge is 2.05. The summed E-state index contributed by atoms with van der Waals surface area (Å²) in [5.74, 6) is 0. The molecular weight excluding hydrogens is 300 g/mol. The van der Waals surface area contributed by atoms with Gasteiger partial charge in [-0.15, -0.1) is 0 Å². The summed E-state index contributed by atoms with van der Waals surface area (Å²) in [5, 5.41) is 8.48. The Bertz CT molecular complexity index is 828. The maximum atomic E-state index is 11.8. The molecule has 4 nitrogen and oxygen atoms in total. The highest BCUT2D eigenvalue weighted by atomic mass is 16.5. The van der Waals surface area contributed by atoms with E-state index in [9.17, 15) is 4.79 Å². The monoisotopic (exact) mass is 322 g/mol. The molecule has 2 aromatic carbocycles.